The monoisotopic (exact) mass is 338 g/mol. The number of hydrogen-bond acceptors (Lipinski definition) is 3. The van der Waals surface area contributed by atoms with Crippen LogP contribution in [0.2, 0.25) is 5.15 Å². The van der Waals surface area contributed by atoms with Crippen molar-refractivity contribution in [2.24, 2.45) is 0 Å². The fraction of sp³-hybridized carbons (Fsp3) is 0.0556. The van der Waals surface area contributed by atoms with E-state index in [4.69, 9.17) is 23.9 Å². The number of hydrogen-bond donors (Lipinski definition) is 1. The zero-order valence-corrected chi connectivity index (χ0v) is 13.5. The fourth-order valence-electron chi connectivity index (χ4n) is 2.51. The molecule has 0 saturated carbocycles. The number of pyridine rings is 2. The standard InChI is InChI=1S/C18H12ClFN4/c1-10-7-12(8-15(19)23-10)17-14(22-2)9-16(21)24-18(17)11-3-5-13(20)6-4-11/h3-9H,1H3,(H2,21,24). The molecule has 0 atom stereocenters. The zero-order chi connectivity index (χ0) is 17.3. The number of aryl methyl sites for hydroxylation is 1. The fourth-order valence-corrected chi connectivity index (χ4v) is 2.76. The van der Waals surface area contributed by atoms with E-state index in [0.29, 0.717) is 33.2 Å². The first kappa shape index (κ1) is 15.9. The summed E-state index contributed by atoms with van der Waals surface area (Å²) in [5, 5.41) is 0.322. The van der Waals surface area contributed by atoms with Crippen molar-refractivity contribution < 1.29 is 4.39 Å². The molecular weight excluding hydrogens is 327 g/mol. The van der Waals surface area contributed by atoms with Crippen LogP contribution in [0.25, 0.3) is 27.2 Å². The predicted octanol–water partition coefficient (Wildman–Crippen LogP) is 5.04. The van der Waals surface area contributed by atoms with Crippen molar-refractivity contribution in [3.63, 3.8) is 0 Å². The first-order chi connectivity index (χ1) is 11.5. The highest BCUT2D eigenvalue weighted by atomic mass is 35.5. The molecule has 0 aliphatic heterocycles. The largest absolute Gasteiger partial charge is 0.385 e. The van der Waals surface area contributed by atoms with Crippen molar-refractivity contribution in [2.75, 3.05) is 5.73 Å². The highest BCUT2D eigenvalue weighted by Crippen LogP contribution is 2.40. The molecule has 0 saturated heterocycles. The topological polar surface area (TPSA) is 56.2 Å². The third kappa shape index (κ3) is 3.05. The number of aromatic nitrogens is 2. The van der Waals surface area contributed by atoms with Crippen LogP contribution >= 0.6 is 11.6 Å². The molecule has 0 amide bonds. The second-order valence-corrected chi connectivity index (χ2v) is 5.62. The van der Waals surface area contributed by atoms with Gasteiger partial charge in [-0.05, 0) is 60.5 Å². The van der Waals surface area contributed by atoms with E-state index in [1.54, 1.807) is 18.2 Å². The summed E-state index contributed by atoms with van der Waals surface area (Å²) in [5.41, 5.74) is 9.38. The molecule has 3 aromatic rings. The summed E-state index contributed by atoms with van der Waals surface area (Å²) in [5.74, 6) is -0.127. The van der Waals surface area contributed by atoms with Gasteiger partial charge < -0.3 is 5.73 Å². The smallest absolute Gasteiger partial charge is 0.200 e. The number of nitrogen functional groups attached to an aromatic ring is 1. The van der Waals surface area contributed by atoms with E-state index in [1.807, 2.05) is 13.0 Å². The number of benzene rings is 1. The Kier molecular flexibility index (Phi) is 4.15. The Balaban J connectivity index is 2.35. The molecular formula is C18H12ClFN4. The summed E-state index contributed by atoms with van der Waals surface area (Å²) in [6, 6.07) is 10.9. The van der Waals surface area contributed by atoms with Crippen LogP contribution in [-0.2, 0) is 0 Å². The van der Waals surface area contributed by atoms with Crippen molar-refractivity contribution in [1.82, 2.24) is 9.97 Å². The average Bonchev–Trinajstić information content (AvgIpc) is 2.53. The lowest BCUT2D eigenvalue weighted by Gasteiger charge is -2.13. The maximum absolute atomic E-state index is 13.2. The molecule has 4 nitrogen and oxygen atoms in total. The third-order valence-electron chi connectivity index (χ3n) is 3.47. The lowest BCUT2D eigenvalue weighted by Crippen LogP contribution is -1.97. The van der Waals surface area contributed by atoms with Crippen LogP contribution in [0.3, 0.4) is 0 Å². The molecule has 0 fully saturated rings. The summed E-state index contributed by atoms with van der Waals surface area (Å²) < 4.78 is 13.2. The van der Waals surface area contributed by atoms with Gasteiger partial charge >= 0.3 is 0 Å². The van der Waals surface area contributed by atoms with Crippen LogP contribution in [0.5, 0.6) is 0 Å². The molecule has 0 unspecified atom stereocenters. The average molecular weight is 339 g/mol. The van der Waals surface area contributed by atoms with Gasteiger partial charge in [0.2, 0.25) is 5.69 Å². The molecule has 0 spiro atoms. The Morgan fingerprint density at radius 1 is 1.08 bits per heavy atom. The second-order valence-electron chi connectivity index (χ2n) is 5.23. The van der Waals surface area contributed by atoms with E-state index in [-0.39, 0.29) is 11.6 Å². The van der Waals surface area contributed by atoms with Gasteiger partial charge in [-0.25, -0.2) is 19.2 Å². The van der Waals surface area contributed by atoms with Gasteiger partial charge in [0.1, 0.15) is 16.8 Å². The lowest BCUT2D eigenvalue weighted by molar-refractivity contribution is 0.628. The molecule has 2 heterocycles. The maximum atomic E-state index is 13.2. The highest BCUT2D eigenvalue weighted by Gasteiger charge is 2.17. The number of anilines is 1. The Bertz CT molecular complexity index is 942. The zero-order valence-electron chi connectivity index (χ0n) is 12.7. The van der Waals surface area contributed by atoms with Crippen molar-refractivity contribution in [2.45, 2.75) is 6.92 Å². The Morgan fingerprint density at radius 3 is 2.42 bits per heavy atom. The first-order valence-electron chi connectivity index (χ1n) is 7.06. The first-order valence-corrected chi connectivity index (χ1v) is 7.44. The third-order valence-corrected chi connectivity index (χ3v) is 3.66. The van der Waals surface area contributed by atoms with Gasteiger partial charge in [-0.3, -0.25) is 0 Å². The van der Waals surface area contributed by atoms with Crippen LogP contribution in [0, 0.1) is 19.3 Å². The summed E-state index contributed by atoms with van der Waals surface area (Å²) in [6.45, 7) is 9.28. The van der Waals surface area contributed by atoms with E-state index in [1.165, 1.54) is 18.2 Å². The minimum absolute atomic E-state index is 0.223. The van der Waals surface area contributed by atoms with Gasteiger partial charge in [0.25, 0.3) is 0 Å². The van der Waals surface area contributed by atoms with Crippen LogP contribution in [0.15, 0.2) is 42.5 Å². The SMILES string of the molecule is [C-]#[N+]c1cc(N)nc(-c2ccc(F)cc2)c1-c1cc(C)nc(Cl)c1. The van der Waals surface area contributed by atoms with Crippen molar-refractivity contribution in [3.05, 3.63) is 70.5 Å². The molecule has 2 aromatic heterocycles. The summed E-state index contributed by atoms with van der Waals surface area (Å²) in [4.78, 5) is 12.1. The molecule has 1 aromatic carbocycles. The van der Waals surface area contributed by atoms with Gasteiger partial charge in [0.15, 0.2) is 0 Å². The van der Waals surface area contributed by atoms with E-state index < -0.39 is 0 Å². The van der Waals surface area contributed by atoms with Gasteiger partial charge in [-0.1, -0.05) is 11.6 Å². The molecule has 0 radical (unpaired) electrons. The summed E-state index contributed by atoms with van der Waals surface area (Å²) >= 11 is 6.06. The van der Waals surface area contributed by atoms with Crippen LogP contribution < -0.4 is 5.73 Å². The summed E-state index contributed by atoms with van der Waals surface area (Å²) in [6.07, 6.45) is 0. The van der Waals surface area contributed by atoms with Gasteiger partial charge in [-0.15, -0.1) is 0 Å². The molecule has 3 rings (SSSR count). The molecule has 0 aliphatic carbocycles. The maximum Gasteiger partial charge on any atom is 0.200 e. The van der Waals surface area contributed by atoms with E-state index in [0.717, 1.165) is 5.69 Å². The minimum Gasteiger partial charge on any atom is -0.385 e. The van der Waals surface area contributed by atoms with Crippen LogP contribution in [0.4, 0.5) is 15.9 Å². The number of nitrogens with two attached hydrogens (primary N) is 1. The van der Waals surface area contributed by atoms with Gasteiger partial charge in [0.05, 0.1) is 12.3 Å². The van der Waals surface area contributed by atoms with Crippen LogP contribution in [0.1, 0.15) is 5.69 Å². The highest BCUT2D eigenvalue weighted by molar-refractivity contribution is 6.29. The molecule has 6 heteroatoms. The van der Waals surface area contributed by atoms with E-state index in [9.17, 15) is 4.39 Å². The van der Waals surface area contributed by atoms with E-state index in [2.05, 4.69) is 14.8 Å². The molecule has 118 valence electrons. The molecule has 2 N–H and O–H groups in total. The number of nitrogens with zero attached hydrogens (tertiary/aromatic N) is 3. The molecule has 0 bridgehead atoms. The Hall–Kier alpha value is -2.97. The Labute approximate surface area is 143 Å². The van der Waals surface area contributed by atoms with Crippen molar-refractivity contribution in [1.29, 1.82) is 0 Å². The minimum atomic E-state index is -0.350. The lowest BCUT2D eigenvalue weighted by atomic mass is 9.97. The summed E-state index contributed by atoms with van der Waals surface area (Å²) in [7, 11) is 0. The van der Waals surface area contributed by atoms with Gasteiger partial charge in [-0.2, -0.15) is 0 Å². The van der Waals surface area contributed by atoms with Gasteiger partial charge in [0, 0.05) is 11.3 Å². The quantitative estimate of drug-likeness (QED) is 0.525. The van der Waals surface area contributed by atoms with Crippen LogP contribution in [-0.4, -0.2) is 9.97 Å². The Morgan fingerprint density at radius 2 is 1.79 bits per heavy atom. The normalized spacial score (nSPS) is 10.4. The molecule has 24 heavy (non-hydrogen) atoms. The number of rotatable bonds is 2. The number of halogens is 2. The molecule has 0 aliphatic rings. The van der Waals surface area contributed by atoms with Crippen molar-refractivity contribution in [3.8, 4) is 22.4 Å². The van der Waals surface area contributed by atoms with Crippen molar-refractivity contribution >= 4 is 23.1 Å². The predicted molar refractivity (Wildman–Crippen MR) is 93.3 cm³/mol. The second kappa shape index (κ2) is 6.26. The van der Waals surface area contributed by atoms with E-state index >= 15 is 0 Å².